The summed E-state index contributed by atoms with van der Waals surface area (Å²) in [4.78, 5) is 26.8. The summed E-state index contributed by atoms with van der Waals surface area (Å²) in [6.45, 7) is 0. The van der Waals surface area contributed by atoms with E-state index in [1.807, 2.05) is 43.3 Å². The standard InChI is InChI=1S/C19H21N5O2S/c1-24(2)15-10-8-13(9-11-15)12-16(18(26)22-23-19(20)27)21-17(25)14-6-4-3-5-7-14/h3-12H,1-2H3,(H,21,25)(H,22,26)(H3,20,23,27)/b16-12-. The Morgan fingerprint density at radius 2 is 1.63 bits per heavy atom. The summed E-state index contributed by atoms with van der Waals surface area (Å²) in [7, 11) is 3.87. The van der Waals surface area contributed by atoms with E-state index in [1.54, 1.807) is 36.4 Å². The van der Waals surface area contributed by atoms with E-state index in [2.05, 4.69) is 28.4 Å². The first kappa shape index (κ1) is 19.9. The smallest absolute Gasteiger partial charge is 0.286 e. The van der Waals surface area contributed by atoms with Gasteiger partial charge in [0.1, 0.15) is 5.70 Å². The average molecular weight is 383 g/mol. The van der Waals surface area contributed by atoms with Crippen LogP contribution in [0.4, 0.5) is 5.69 Å². The van der Waals surface area contributed by atoms with E-state index in [0.717, 1.165) is 11.3 Å². The van der Waals surface area contributed by atoms with Crippen LogP contribution in [0.2, 0.25) is 0 Å². The van der Waals surface area contributed by atoms with Crippen LogP contribution in [0.1, 0.15) is 15.9 Å². The zero-order valence-corrected chi connectivity index (χ0v) is 15.8. The van der Waals surface area contributed by atoms with Crippen molar-refractivity contribution in [2.24, 2.45) is 5.73 Å². The Balaban J connectivity index is 2.26. The molecular weight excluding hydrogens is 362 g/mol. The highest BCUT2D eigenvalue weighted by Crippen LogP contribution is 2.14. The van der Waals surface area contributed by atoms with Crippen molar-refractivity contribution in [1.29, 1.82) is 0 Å². The van der Waals surface area contributed by atoms with Gasteiger partial charge in [0.15, 0.2) is 5.11 Å². The maximum absolute atomic E-state index is 12.4. The van der Waals surface area contributed by atoms with Crippen LogP contribution in [0, 0.1) is 0 Å². The van der Waals surface area contributed by atoms with Crippen LogP contribution in [-0.4, -0.2) is 31.0 Å². The molecule has 7 nitrogen and oxygen atoms in total. The number of hydrogen-bond donors (Lipinski definition) is 4. The van der Waals surface area contributed by atoms with Gasteiger partial charge in [-0.25, -0.2) is 0 Å². The van der Waals surface area contributed by atoms with Gasteiger partial charge < -0.3 is 16.0 Å². The molecule has 0 atom stereocenters. The number of anilines is 1. The molecule has 0 unspecified atom stereocenters. The Bertz CT molecular complexity index is 848. The van der Waals surface area contributed by atoms with Gasteiger partial charge in [0.05, 0.1) is 0 Å². The normalized spacial score (nSPS) is 10.7. The summed E-state index contributed by atoms with van der Waals surface area (Å²) in [5, 5.41) is 2.53. The highest BCUT2D eigenvalue weighted by Gasteiger charge is 2.14. The highest BCUT2D eigenvalue weighted by atomic mass is 32.1. The van der Waals surface area contributed by atoms with Crippen molar-refractivity contribution >= 4 is 40.9 Å². The van der Waals surface area contributed by atoms with Gasteiger partial charge in [-0.3, -0.25) is 20.4 Å². The van der Waals surface area contributed by atoms with Gasteiger partial charge in [-0.1, -0.05) is 30.3 Å². The summed E-state index contributed by atoms with van der Waals surface area (Å²) in [5.74, 6) is -0.985. The molecule has 2 rings (SSSR count). The lowest BCUT2D eigenvalue weighted by Crippen LogP contribution is -2.47. The van der Waals surface area contributed by atoms with E-state index >= 15 is 0 Å². The van der Waals surface area contributed by atoms with Crippen molar-refractivity contribution in [3.05, 3.63) is 71.4 Å². The Morgan fingerprint density at radius 1 is 1.00 bits per heavy atom. The number of nitrogens with two attached hydrogens (primary N) is 1. The zero-order chi connectivity index (χ0) is 19.8. The third-order valence-electron chi connectivity index (χ3n) is 3.55. The number of amides is 2. The molecule has 0 aliphatic heterocycles. The number of carbonyl (C=O) groups is 2. The molecule has 2 aromatic rings. The lowest BCUT2D eigenvalue weighted by atomic mass is 10.1. The molecule has 8 heteroatoms. The van der Waals surface area contributed by atoms with Crippen molar-refractivity contribution in [2.75, 3.05) is 19.0 Å². The molecule has 0 fully saturated rings. The molecule has 0 radical (unpaired) electrons. The first-order chi connectivity index (χ1) is 12.9. The molecule has 2 amide bonds. The van der Waals surface area contributed by atoms with Crippen LogP contribution in [0.15, 0.2) is 60.3 Å². The second-order valence-corrected chi connectivity index (χ2v) is 6.25. The second kappa shape index (κ2) is 9.35. The van der Waals surface area contributed by atoms with Gasteiger partial charge >= 0.3 is 0 Å². The number of hydrogen-bond acceptors (Lipinski definition) is 4. The number of thiocarbonyl (C=S) groups is 1. The number of benzene rings is 2. The van der Waals surface area contributed by atoms with Crippen molar-refractivity contribution in [1.82, 2.24) is 16.2 Å². The van der Waals surface area contributed by atoms with Crippen LogP contribution in [0.25, 0.3) is 6.08 Å². The maximum atomic E-state index is 12.4. The van der Waals surface area contributed by atoms with Crippen molar-refractivity contribution in [3.63, 3.8) is 0 Å². The van der Waals surface area contributed by atoms with Gasteiger partial charge in [0.2, 0.25) is 0 Å². The van der Waals surface area contributed by atoms with E-state index in [0.29, 0.717) is 5.56 Å². The Labute approximate surface area is 163 Å². The molecule has 0 saturated carbocycles. The van der Waals surface area contributed by atoms with Crippen molar-refractivity contribution in [2.45, 2.75) is 0 Å². The Morgan fingerprint density at radius 3 is 2.19 bits per heavy atom. The summed E-state index contributed by atoms with van der Waals surface area (Å²) in [5.41, 5.74) is 12.3. The summed E-state index contributed by atoms with van der Waals surface area (Å²) in [6, 6.07) is 16.1. The minimum absolute atomic E-state index is 0.0465. The van der Waals surface area contributed by atoms with Crippen LogP contribution in [-0.2, 0) is 4.79 Å². The number of nitrogens with zero attached hydrogens (tertiary/aromatic N) is 1. The molecule has 0 aliphatic rings. The predicted molar refractivity (Wildman–Crippen MR) is 111 cm³/mol. The zero-order valence-electron chi connectivity index (χ0n) is 15.0. The van der Waals surface area contributed by atoms with Crippen LogP contribution >= 0.6 is 12.2 Å². The molecule has 140 valence electrons. The SMILES string of the molecule is CN(C)c1ccc(/C=C(\NC(=O)c2ccccc2)C(=O)NNC(N)=S)cc1. The molecule has 0 aliphatic carbocycles. The van der Waals surface area contributed by atoms with E-state index in [-0.39, 0.29) is 10.8 Å². The molecular formula is C19H21N5O2S. The van der Waals surface area contributed by atoms with E-state index in [9.17, 15) is 9.59 Å². The van der Waals surface area contributed by atoms with Crippen molar-refractivity contribution in [3.8, 4) is 0 Å². The molecule has 0 aromatic heterocycles. The van der Waals surface area contributed by atoms with Gasteiger partial charge in [0, 0.05) is 25.3 Å². The molecule has 0 spiro atoms. The molecule has 0 heterocycles. The van der Waals surface area contributed by atoms with E-state index in [1.165, 1.54) is 0 Å². The van der Waals surface area contributed by atoms with Gasteiger partial charge in [-0.15, -0.1) is 0 Å². The third kappa shape index (κ3) is 6.12. The summed E-state index contributed by atoms with van der Waals surface area (Å²) < 4.78 is 0. The minimum atomic E-state index is -0.580. The van der Waals surface area contributed by atoms with Crippen LogP contribution in [0.5, 0.6) is 0 Å². The average Bonchev–Trinajstić information content (AvgIpc) is 2.66. The van der Waals surface area contributed by atoms with Crippen LogP contribution < -0.4 is 26.8 Å². The van der Waals surface area contributed by atoms with Crippen LogP contribution in [0.3, 0.4) is 0 Å². The first-order valence-corrected chi connectivity index (χ1v) is 8.49. The Kier molecular flexibility index (Phi) is 6.90. The summed E-state index contributed by atoms with van der Waals surface area (Å²) in [6.07, 6.45) is 1.57. The lowest BCUT2D eigenvalue weighted by molar-refractivity contribution is -0.118. The monoisotopic (exact) mass is 383 g/mol. The lowest BCUT2D eigenvalue weighted by Gasteiger charge is -2.13. The minimum Gasteiger partial charge on any atom is -0.378 e. The summed E-state index contributed by atoms with van der Waals surface area (Å²) >= 11 is 4.67. The Hall–Kier alpha value is -3.39. The fourth-order valence-electron chi connectivity index (χ4n) is 2.16. The quantitative estimate of drug-likeness (QED) is 0.354. The highest BCUT2D eigenvalue weighted by molar-refractivity contribution is 7.80. The van der Waals surface area contributed by atoms with Gasteiger partial charge in [0.25, 0.3) is 11.8 Å². The number of nitrogens with one attached hydrogen (secondary N) is 3. The fraction of sp³-hybridized carbons (Fsp3) is 0.105. The van der Waals surface area contributed by atoms with E-state index in [4.69, 9.17) is 5.73 Å². The first-order valence-electron chi connectivity index (χ1n) is 8.08. The molecule has 2 aromatic carbocycles. The van der Waals surface area contributed by atoms with Gasteiger partial charge in [-0.05, 0) is 48.1 Å². The van der Waals surface area contributed by atoms with Gasteiger partial charge in [-0.2, -0.15) is 0 Å². The largest absolute Gasteiger partial charge is 0.378 e. The second-order valence-electron chi connectivity index (χ2n) is 5.81. The topological polar surface area (TPSA) is 99.5 Å². The molecule has 5 N–H and O–H groups in total. The predicted octanol–water partition coefficient (Wildman–Crippen LogP) is 1.39. The molecule has 27 heavy (non-hydrogen) atoms. The molecule has 0 saturated heterocycles. The van der Waals surface area contributed by atoms with E-state index < -0.39 is 11.8 Å². The number of hydrazine groups is 1. The third-order valence-corrected chi connectivity index (χ3v) is 3.65. The van der Waals surface area contributed by atoms with Crippen molar-refractivity contribution < 1.29 is 9.59 Å². The number of rotatable bonds is 5. The molecule has 0 bridgehead atoms. The fourth-order valence-corrected chi connectivity index (χ4v) is 2.21. The maximum Gasteiger partial charge on any atom is 0.286 e. The number of carbonyl (C=O) groups excluding carboxylic acids is 2.